The zero-order chi connectivity index (χ0) is 23.3. The van der Waals surface area contributed by atoms with Crippen LogP contribution in [0.3, 0.4) is 0 Å². The predicted molar refractivity (Wildman–Crippen MR) is 121 cm³/mol. The highest BCUT2D eigenvalue weighted by Crippen LogP contribution is 2.52. The number of benzene rings is 1. The highest BCUT2D eigenvalue weighted by molar-refractivity contribution is 6.10. The van der Waals surface area contributed by atoms with Gasteiger partial charge in [-0.2, -0.15) is 0 Å². The molecule has 0 unspecified atom stereocenters. The lowest BCUT2D eigenvalue weighted by molar-refractivity contribution is -0.150. The van der Waals surface area contributed by atoms with Crippen LogP contribution in [0, 0.1) is 11.8 Å². The van der Waals surface area contributed by atoms with Gasteiger partial charge < -0.3 is 14.2 Å². The van der Waals surface area contributed by atoms with E-state index in [0.717, 1.165) is 23.4 Å². The summed E-state index contributed by atoms with van der Waals surface area (Å²) < 4.78 is 7.28. The van der Waals surface area contributed by atoms with Crippen LogP contribution < -0.4 is 10.1 Å². The van der Waals surface area contributed by atoms with E-state index in [2.05, 4.69) is 5.32 Å². The number of nitrogens with one attached hydrogen (secondary N) is 1. The maximum Gasteiger partial charge on any atom is 0.244 e. The SMILES string of the molecule is CCN1C(=O)[C@H]2[C@@H](c3ccc(OC)cc3)N[C@]3(CCCN(Cc4cccn4C)C3=O)[C@H]2C1=O. The zero-order valence-electron chi connectivity index (χ0n) is 19.3. The van der Waals surface area contributed by atoms with E-state index in [1.54, 1.807) is 7.11 Å². The largest absolute Gasteiger partial charge is 0.497 e. The molecule has 3 saturated heterocycles. The van der Waals surface area contributed by atoms with Crippen molar-refractivity contribution in [3.63, 3.8) is 0 Å². The highest BCUT2D eigenvalue weighted by Gasteiger charge is 2.68. The Morgan fingerprint density at radius 2 is 1.88 bits per heavy atom. The Bertz CT molecular complexity index is 1090. The molecule has 3 fully saturated rings. The lowest BCUT2D eigenvalue weighted by Crippen LogP contribution is -2.63. The number of hydrogen-bond donors (Lipinski definition) is 1. The smallest absolute Gasteiger partial charge is 0.244 e. The fourth-order valence-electron chi connectivity index (χ4n) is 5.94. The molecular weight excluding hydrogens is 420 g/mol. The molecule has 3 amide bonds. The van der Waals surface area contributed by atoms with E-state index in [4.69, 9.17) is 4.74 Å². The number of fused-ring (bicyclic) bond motifs is 2. The number of rotatable bonds is 5. The van der Waals surface area contributed by atoms with Gasteiger partial charge in [0.2, 0.25) is 17.7 Å². The quantitative estimate of drug-likeness (QED) is 0.703. The third-order valence-corrected chi connectivity index (χ3v) is 7.61. The Morgan fingerprint density at radius 3 is 2.52 bits per heavy atom. The Morgan fingerprint density at radius 1 is 1.12 bits per heavy atom. The third kappa shape index (κ3) is 3.19. The number of likely N-dealkylation sites (tertiary alicyclic amines) is 2. The summed E-state index contributed by atoms with van der Waals surface area (Å²) in [7, 11) is 3.57. The van der Waals surface area contributed by atoms with E-state index in [1.165, 1.54) is 4.90 Å². The van der Waals surface area contributed by atoms with Crippen LogP contribution in [0.2, 0.25) is 0 Å². The minimum absolute atomic E-state index is 0.0833. The number of methoxy groups -OCH3 is 1. The minimum atomic E-state index is -1.07. The number of piperidine rings is 1. The molecule has 0 radical (unpaired) electrons. The van der Waals surface area contributed by atoms with Crippen LogP contribution in [-0.4, -0.2) is 57.8 Å². The molecular formula is C25H30N4O4. The molecule has 1 spiro atoms. The number of carbonyl (C=O) groups is 3. The Kier molecular flexibility index (Phi) is 5.28. The van der Waals surface area contributed by atoms with Crippen molar-refractivity contribution in [2.24, 2.45) is 18.9 Å². The third-order valence-electron chi connectivity index (χ3n) is 7.61. The Hall–Kier alpha value is -3.13. The molecule has 5 rings (SSSR count). The van der Waals surface area contributed by atoms with Gasteiger partial charge >= 0.3 is 0 Å². The second-order valence-corrected chi connectivity index (χ2v) is 9.23. The van der Waals surface area contributed by atoms with Gasteiger partial charge in [-0.3, -0.25) is 24.6 Å². The molecule has 33 heavy (non-hydrogen) atoms. The molecule has 0 saturated carbocycles. The van der Waals surface area contributed by atoms with E-state index in [9.17, 15) is 14.4 Å². The van der Waals surface area contributed by atoms with Crippen LogP contribution in [0.15, 0.2) is 42.6 Å². The number of nitrogens with zero attached hydrogens (tertiary/aromatic N) is 3. The van der Waals surface area contributed by atoms with Crippen molar-refractivity contribution in [3.8, 4) is 5.75 Å². The van der Waals surface area contributed by atoms with Gasteiger partial charge in [-0.1, -0.05) is 12.1 Å². The normalized spacial score (nSPS) is 29.3. The van der Waals surface area contributed by atoms with Gasteiger partial charge in [-0.25, -0.2) is 0 Å². The van der Waals surface area contributed by atoms with Gasteiger partial charge in [-0.05, 0) is 49.6 Å². The molecule has 3 aliphatic rings. The summed E-state index contributed by atoms with van der Waals surface area (Å²) in [5.74, 6) is -1.07. The molecule has 3 aliphatic heterocycles. The van der Waals surface area contributed by atoms with Crippen LogP contribution >= 0.6 is 0 Å². The van der Waals surface area contributed by atoms with Crippen molar-refractivity contribution >= 4 is 17.7 Å². The first-order chi connectivity index (χ1) is 15.9. The Labute approximate surface area is 193 Å². The van der Waals surface area contributed by atoms with Gasteiger partial charge in [0.05, 0.1) is 25.5 Å². The summed E-state index contributed by atoms with van der Waals surface area (Å²) in [4.78, 5) is 44.0. The molecule has 2 aromatic rings. The topological polar surface area (TPSA) is 83.9 Å². The van der Waals surface area contributed by atoms with Crippen LogP contribution in [0.25, 0.3) is 0 Å². The minimum Gasteiger partial charge on any atom is -0.497 e. The van der Waals surface area contributed by atoms with Crippen molar-refractivity contribution in [1.29, 1.82) is 0 Å². The van der Waals surface area contributed by atoms with Crippen LogP contribution in [-0.2, 0) is 28.0 Å². The van der Waals surface area contributed by atoms with Gasteiger partial charge in [-0.15, -0.1) is 0 Å². The van der Waals surface area contributed by atoms with Crippen LogP contribution in [0.1, 0.15) is 37.1 Å². The number of aryl methyl sites for hydroxylation is 1. The summed E-state index contributed by atoms with van der Waals surface area (Å²) in [6.07, 6.45) is 3.27. The number of hydrogen-bond acceptors (Lipinski definition) is 5. The maximum absolute atomic E-state index is 14.0. The van der Waals surface area contributed by atoms with Gasteiger partial charge in [0, 0.05) is 38.1 Å². The van der Waals surface area contributed by atoms with E-state index in [0.29, 0.717) is 26.1 Å². The summed E-state index contributed by atoms with van der Waals surface area (Å²) in [5.41, 5.74) is 0.842. The molecule has 8 heteroatoms. The second-order valence-electron chi connectivity index (χ2n) is 9.23. The molecule has 1 aromatic heterocycles. The number of carbonyl (C=O) groups excluding carboxylic acids is 3. The molecule has 0 aliphatic carbocycles. The average molecular weight is 451 g/mol. The highest BCUT2D eigenvalue weighted by atomic mass is 16.5. The van der Waals surface area contributed by atoms with E-state index >= 15 is 0 Å². The van der Waals surface area contributed by atoms with Crippen molar-refractivity contribution in [2.45, 2.75) is 37.9 Å². The zero-order valence-corrected chi connectivity index (χ0v) is 19.3. The van der Waals surface area contributed by atoms with Gasteiger partial charge in [0.1, 0.15) is 11.3 Å². The van der Waals surface area contributed by atoms with Crippen molar-refractivity contribution in [2.75, 3.05) is 20.2 Å². The van der Waals surface area contributed by atoms with E-state index < -0.39 is 23.4 Å². The fourth-order valence-corrected chi connectivity index (χ4v) is 5.94. The number of ether oxygens (including phenoxy) is 1. The number of aromatic nitrogens is 1. The molecule has 0 bridgehead atoms. The molecule has 1 aromatic carbocycles. The lowest BCUT2D eigenvalue weighted by atomic mass is 9.74. The van der Waals surface area contributed by atoms with Gasteiger partial charge in [0.15, 0.2) is 0 Å². The van der Waals surface area contributed by atoms with E-state index in [-0.39, 0.29) is 17.7 Å². The predicted octanol–water partition coefficient (Wildman–Crippen LogP) is 1.86. The van der Waals surface area contributed by atoms with Crippen molar-refractivity contribution in [1.82, 2.24) is 19.7 Å². The van der Waals surface area contributed by atoms with Crippen molar-refractivity contribution in [3.05, 3.63) is 53.9 Å². The summed E-state index contributed by atoms with van der Waals surface area (Å²) >= 11 is 0. The fraction of sp³-hybridized carbons (Fsp3) is 0.480. The monoisotopic (exact) mass is 450 g/mol. The van der Waals surface area contributed by atoms with E-state index in [1.807, 2.05) is 66.0 Å². The standard InChI is InChI=1S/C25H30N4O4/c1-4-29-22(30)19-20(23(29)31)25(26-21(19)16-8-10-18(33-3)11-9-16)12-6-14-28(24(25)32)15-17-7-5-13-27(17)2/h5,7-11,13,19-21,26H,4,6,12,14-15H2,1-3H3/t19-,20-,21-,25-/m1/s1. The Balaban J connectivity index is 1.54. The maximum atomic E-state index is 14.0. The van der Waals surface area contributed by atoms with Crippen LogP contribution in [0.5, 0.6) is 5.75 Å². The summed E-state index contributed by atoms with van der Waals surface area (Å²) in [6, 6.07) is 11.1. The molecule has 1 N–H and O–H groups in total. The first-order valence-corrected chi connectivity index (χ1v) is 11.6. The summed E-state index contributed by atoms with van der Waals surface area (Å²) in [6.45, 7) is 3.24. The van der Waals surface area contributed by atoms with Gasteiger partial charge in [0.25, 0.3) is 0 Å². The average Bonchev–Trinajstić information content (AvgIpc) is 3.46. The molecule has 8 nitrogen and oxygen atoms in total. The first-order valence-electron chi connectivity index (χ1n) is 11.6. The van der Waals surface area contributed by atoms with Crippen molar-refractivity contribution < 1.29 is 19.1 Å². The summed E-state index contributed by atoms with van der Waals surface area (Å²) in [5, 5.41) is 3.53. The second kappa shape index (κ2) is 8.02. The number of amides is 3. The molecule has 4 heterocycles. The molecule has 4 atom stereocenters. The number of imide groups is 1. The lowest BCUT2D eigenvalue weighted by Gasteiger charge is -2.42. The van der Waals surface area contributed by atoms with Crippen LogP contribution in [0.4, 0.5) is 0 Å². The first kappa shape index (κ1) is 21.7. The molecule has 174 valence electrons.